The topological polar surface area (TPSA) is 109 Å². The zero-order chi connectivity index (χ0) is 24.3. The number of nitrogens with zero attached hydrogens (tertiary/aromatic N) is 3. The van der Waals surface area contributed by atoms with E-state index in [1.165, 1.54) is 28.7 Å². The number of carbonyl (C=O) groups is 2. The number of aromatic nitrogens is 2. The molecular formula is C24H27FN4O4S. The maximum Gasteiger partial charge on any atom is 0.258 e. The van der Waals surface area contributed by atoms with Crippen LogP contribution in [0.15, 0.2) is 30.5 Å². The number of hydrogen-bond acceptors (Lipinski definition) is 6. The third kappa shape index (κ3) is 3.63. The van der Waals surface area contributed by atoms with Gasteiger partial charge in [0.1, 0.15) is 11.6 Å². The van der Waals surface area contributed by atoms with Gasteiger partial charge in [-0.15, -0.1) is 0 Å². The number of fused-ring (bicyclic) bond motifs is 3. The van der Waals surface area contributed by atoms with Crippen molar-refractivity contribution in [3.05, 3.63) is 53.1 Å². The molecule has 3 aliphatic rings. The van der Waals surface area contributed by atoms with Crippen molar-refractivity contribution < 1.29 is 22.4 Å². The highest BCUT2D eigenvalue weighted by Crippen LogP contribution is 2.64. The van der Waals surface area contributed by atoms with Crippen LogP contribution in [0.25, 0.3) is 0 Å². The standard InChI is InChI=1S/C24H27FN4O4S/c1-23(2)17-6-8-24(23,20(30)11-17)14-34(32,33)29-9-7-19-16(13-29)12-26-22(27-19)28-21(31)15-4-3-5-18(25)10-15/h3-5,10,12,17H,6-9,11,13-14H2,1-2H3,(H,26,27,28,31). The molecule has 1 amide bonds. The van der Waals surface area contributed by atoms with Gasteiger partial charge in [0.25, 0.3) is 5.91 Å². The van der Waals surface area contributed by atoms with E-state index in [1.807, 2.05) is 13.8 Å². The fourth-order valence-corrected chi connectivity index (χ4v) is 8.09. The monoisotopic (exact) mass is 486 g/mol. The van der Waals surface area contributed by atoms with Gasteiger partial charge in [0, 0.05) is 48.7 Å². The summed E-state index contributed by atoms with van der Waals surface area (Å²) in [7, 11) is -3.67. The number of sulfonamides is 1. The first-order valence-corrected chi connectivity index (χ1v) is 13.1. The van der Waals surface area contributed by atoms with Crippen LogP contribution < -0.4 is 5.32 Å². The second-order valence-electron chi connectivity index (χ2n) is 10.1. The van der Waals surface area contributed by atoms with E-state index < -0.39 is 27.2 Å². The lowest BCUT2D eigenvalue weighted by Gasteiger charge is -2.38. The maximum atomic E-state index is 13.4. The maximum absolute atomic E-state index is 13.4. The third-order valence-electron chi connectivity index (χ3n) is 8.17. The van der Waals surface area contributed by atoms with Crippen LogP contribution in [0.1, 0.15) is 54.7 Å². The van der Waals surface area contributed by atoms with Gasteiger partial charge in [0.05, 0.1) is 11.4 Å². The highest BCUT2D eigenvalue weighted by molar-refractivity contribution is 7.89. The van der Waals surface area contributed by atoms with Gasteiger partial charge in [-0.3, -0.25) is 14.9 Å². The molecule has 1 aromatic heterocycles. The largest absolute Gasteiger partial charge is 0.299 e. The number of Topliss-reactive ketones (excluding diaryl/α,β-unsaturated/α-hetero) is 1. The van der Waals surface area contributed by atoms with Gasteiger partial charge >= 0.3 is 0 Å². The van der Waals surface area contributed by atoms with Crippen molar-refractivity contribution in [2.75, 3.05) is 17.6 Å². The molecule has 0 spiro atoms. The number of carbonyl (C=O) groups excluding carboxylic acids is 2. The lowest BCUT2D eigenvalue weighted by atomic mass is 9.70. The summed E-state index contributed by atoms with van der Waals surface area (Å²) in [6.07, 6.45) is 3.88. The van der Waals surface area contributed by atoms with E-state index >= 15 is 0 Å². The number of nitrogens with one attached hydrogen (secondary N) is 1. The molecule has 10 heteroatoms. The SMILES string of the molecule is CC1(C)C2CCC1(CS(=O)(=O)N1CCc3nc(NC(=O)c4cccc(F)c4)ncc3C1)C(=O)C2. The average molecular weight is 487 g/mol. The Morgan fingerprint density at radius 3 is 2.79 bits per heavy atom. The number of halogens is 1. The van der Waals surface area contributed by atoms with E-state index in [1.54, 1.807) is 0 Å². The van der Waals surface area contributed by atoms with Crippen molar-refractivity contribution >= 4 is 27.7 Å². The molecule has 0 saturated heterocycles. The Morgan fingerprint density at radius 1 is 1.32 bits per heavy atom. The Labute approximate surface area is 198 Å². The Hall–Kier alpha value is -2.72. The molecule has 2 fully saturated rings. The van der Waals surface area contributed by atoms with Crippen LogP contribution >= 0.6 is 0 Å². The van der Waals surface area contributed by atoms with Gasteiger partial charge in [-0.1, -0.05) is 19.9 Å². The van der Waals surface area contributed by atoms with Crippen LogP contribution in [0.4, 0.5) is 10.3 Å². The summed E-state index contributed by atoms with van der Waals surface area (Å²) in [6.45, 7) is 4.44. The van der Waals surface area contributed by atoms with Crippen molar-refractivity contribution in [1.82, 2.24) is 14.3 Å². The smallest absolute Gasteiger partial charge is 0.258 e. The second-order valence-corrected chi connectivity index (χ2v) is 12.1. The molecule has 8 nitrogen and oxygen atoms in total. The summed E-state index contributed by atoms with van der Waals surface area (Å²) in [6, 6.07) is 5.31. The molecule has 1 aliphatic heterocycles. The van der Waals surface area contributed by atoms with E-state index in [0.717, 1.165) is 12.5 Å². The van der Waals surface area contributed by atoms with Crippen LogP contribution in [-0.4, -0.2) is 46.7 Å². The molecule has 2 unspecified atom stereocenters. The van der Waals surface area contributed by atoms with Crippen LogP contribution in [-0.2, 0) is 27.8 Å². The molecule has 1 aromatic carbocycles. The molecule has 2 aliphatic carbocycles. The van der Waals surface area contributed by atoms with Crippen molar-refractivity contribution in [3.63, 3.8) is 0 Å². The third-order valence-corrected chi connectivity index (χ3v) is 10.1. The minimum absolute atomic E-state index is 0.0803. The molecule has 2 bridgehead atoms. The molecule has 2 saturated carbocycles. The number of amides is 1. The summed E-state index contributed by atoms with van der Waals surface area (Å²) >= 11 is 0. The van der Waals surface area contributed by atoms with Crippen LogP contribution in [0, 0.1) is 22.6 Å². The zero-order valence-corrected chi connectivity index (χ0v) is 20.0. The number of ketones is 1. The highest BCUT2D eigenvalue weighted by Gasteiger charge is 2.65. The van der Waals surface area contributed by atoms with E-state index in [-0.39, 0.29) is 47.5 Å². The Morgan fingerprint density at radius 2 is 2.12 bits per heavy atom. The molecule has 1 N–H and O–H groups in total. The number of hydrogen-bond donors (Lipinski definition) is 1. The van der Waals surface area contributed by atoms with Crippen LogP contribution in [0.3, 0.4) is 0 Å². The number of anilines is 1. The molecule has 2 aromatic rings. The van der Waals surface area contributed by atoms with Crippen molar-refractivity contribution in [3.8, 4) is 0 Å². The summed E-state index contributed by atoms with van der Waals surface area (Å²) < 4.78 is 41.6. The molecule has 5 rings (SSSR count). The first-order valence-electron chi connectivity index (χ1n) is 11.4. The molecule has 2 atom stereocenters. The minimum atomic E-state index is -3.67. The van der Waals surface area contributed by atoms with Crippen molar-refractivity contribution in [1.29, 1.82) is 0 Å². The van der Waals surface area contributed by atoms with E-state index in [4.69, 9.17) is 0 Å². The zero-order valence-electron chi connectivity index (χ0n) is 19.2. The van der Waals surface area contributed by atoms with Gasteiger partial charge < -0.3 is 0 Å². The van der Waals surface area contributed by atoms with E-state index in [0.29, 0.717) is 30.5 Å². The van der Waals surface area contributed by atoms with Crippen molar-refractivity contribution in [2.45, 2.75) is 46.1 Å². The number of benzene rings is 1. The summed E-state index contributed by atoms with van der Waals surface area (Å²) in [5.74, 6) is -0.782. The normalized spacial score (nSPS) is 25.9. The first kappa shape index (κ1) is 23.0. The Kier molecular flexibility index (Phi) is 5.36. The van der Waals surface area contributed by atoms with Crippen LogP contribution in [0.5, 0.6) is 0 Å². The van der Waals surface area contributed by atoms with E-state index in [2.05, 4.69) is 15.3 Å². The fourth-order valence-electron chi connectivity index (χ4n) is 5.90. The van der Waals surface area contributed by atoms with E-state index in [9.17, 15) is 22.4 Å². The summed E-state index contributed by atoms with van der Waals surface area (Å²) in [5, 5.41) is 2.56. The van der Waals surface area contributed by atoms with Gasteiger partial charge in [-0.2, -0.15) is 4.31 Å². The minimum Gasteiger partial charge on any atom is -0.299 e. The molecule has 180 valence electrons. The molecule has 0 radical (unpaired) electrons. The second kappa shape index (κ2) is 7.91. The first-order chi connectivity index (χ1) is 16.0. The van der Waals surface area contributed by atoms with Gasteiger partial charge in [0.15, 0.2) is 0 Å². The highest BCUT2D eigenvalue weighted by atomic mass is 32.2. The lowest BCUT2D eigenvalue weighted by Crippen LogP contribution is -2.47. The summed E-state index contributed by atoms with van der Waals surface area (Å²) in [5.41, 5.74) is 0.349. The fraction of sp³-hybridized carbons (Fsp3) is 0.500. The van der Waals surface area contributed by atoms with Crippen molar-refractivity contribution in [2.24, 2.45) is 16.7 Å². The lowest BCUT2D eigenvalue weighted by molar-refractivity contribution is -0.128. The van der Waals surface area contributed by atoms with Gasteiger partial charge in [-0.05, 0) is 42.4 Å². The van der Waals surface area contributed by atoms with Crippen LogP contribution in [0.2, 0.25) is 0 Å². The Bertz CT molecular complexity index is 1300. The molecular weight excluding hydrogens is 459 g/mol. The average Bonchev–Trinajstić information content (AvgIpc) is 3.13. The molecule has 34 heavy (non-hydrogen) atoms. The number of rotatable bonds is 5. The van der Waals surface area contributed by atoms with Gasteiger partial charge in [-0.25, -0.2) is 22.8 Å². The van der Waals surface area contributed by atoms with Gasteiger partial charge in [0.2, 0.25) is 16.0 Å². The Balaban J connectivity index is 1.31. The predicted molar refractivity (Wildman–Crippen MR) is 123 cm³/mol. The summed E-state index contributed by atoms with van der Waals surface area (Å²) in [4.78, 5) is 33.7. The predicted octanol–water partition coefficient (Wildman–Crippen LogP) is 2.95. The quantitative estimate of drug-likeness (QED) is 0.696. The molecule has 2 heterocycles.